The minimum absolute atomic E-state index is 0.247. The van der Waals surface area contributed by atoms with Crippen molar-refractivity contribution in [2.45, 2.75) is 10.6 Å². The summed E-state index contributed by atoms with van der Waals surface area (Å²) in [5.41, 5.74) is 0.925. The lowest BCUT2D eigenvalue weighted by molar-refractivity contribution is 0.325. The van der Waals surface area contributed by atoms with Crippen LogP contribution in [0, 0.1) is 5.82 Å². The van der Waals surface area contributed by atoms with Gasteiger partial charge in [0.2, 0.25) is 10.0 Å². The molecular formula is C17H20FNO3S2. The van der Waals surface area contributed by atoms with Crippen molar-refractivity contribution in [2.75, 3.05) is 26.5 Å². The predicted octanol–water partition coefficient (Wildman–Crippen LogP) is 3.39. The maximum Gasteiger partial charge on any atom is 0.242 e. The molecule has 0 radical (unpaired) electrons. The number of rotatable bonds is 8. The molecule has 0 aliphatic rings. The zero-order chi connectivity index (χ0) is 17.6. The van der Waals surface area contributed by atoms with Gasteiger partial charge in [0.15, 0.2) is 11.6 Å². The molecule has 130 valence electrons. The predicted molar refractivity (Wildman–Crippen MR) is 95.4 cm³/mol. The topological polar surface area (TPSA) is 46.6 Å². The van der Waals surface area contributed by atoms with Gasteiger partial charge in [-0.25, -0.2) is 17.1 Å². The fourth-order valence-electron chi connectivity index (χ4n) is 1.97. The number of nitrogens with zero attached hydrogens (tertiary/aromatic N) is 1. The third-order valence-corrected chi connectivity index (χ3v) is 6.07. The number of ether oxygens (including phenoxy) is 1. The molecule has 0 unspecified atom stereocenters. The van der Waals surface area contributed by atoms with Crippen LogP contribution in [0.5, 0.6) is 5.75 Å². The van der Waals surface area contributed by atoms with Gasteiger partial charge >= 0.3 is 0 Å². The van der Waals surface area contributed by atoms with E-state index in [2.05, 4.69) is 0 Å². The van der Waals surface area contributed by atoms with Crippen LogP contribution in [0.25, 0.3) is 0 Å². The van der Waals surface area contributed by atoms with Crippen molar-refractivity contribution in [3.05, 3.63) is 59.9 Å². The molecule has 0 aliphatic heterocycles. The zero-order valence-electron chi connectivity index (χ0n) is 13.6. The average molecular weight is 369 g/mol. The number of halogens is 1. The fourth-order valence-corrected chi connectivity index (χ4v) is 3.70. The van der Waals surface area contributed by atoms with Gasteiger partial charge in [-0.3, -0.25) is 0 Å². The van der Waals surface area contributed by atoms with E-state index in [-0.39, 0.29) is 16.5 Å². The Morgan fingerprint density at radius 3 is 2.58 bits per heavy atom. The standard InChI is InChI=1S/C17H20FNO3S2/c1-19(2)24(20,21)15-7-5-6-14(12-15)13-23-11-10-22-17-9-4-3-8-16(17)18/h3-9,12H,10-11,13H2,1-2H3. The summed E-state index contributed by atoms with van der Waals surface area (Å²) in [6, 6.07) is 13.2. The van der Waals surface area contributed by atoms with Gasteiger partial charge < -0.3 is 4.74 Å². The number of sulfonamides is 1. The third-order valence-electron chi connectivity index (χ3n) is 3.27. The van der Waals surface area contributed by atoms with Crippen LogP contribution in [-0.4, -0.2) is 39.2 Å². The Morgan fingerprint density at radius 1 is 1.12 bits per heavy atom. The maximum absolute atomic E-state index is 13.4. The van der Waals surface area contributed by atoms with E-state index in [1.807, 2.05) is 6.07 Å². The maximum atomic E-state index is 13.4. The molecule has 7 heteroatoms. The number of para-hydroxylation sites is 1. The summed E-state index contributed by atoms with van der Waals surface area (Å²) in [6.45, 7) is 0.390. The second kappa shape index (κ2) is 8.50. The Balaban J connectivity index is 1.84. The van der Waals surface area contributed by atoms with Crippen molar-refractivity contribution < 1.29 is 17.5 Å². The number of benzene rings is 2. The Labute approximate surface area is 146 Å². The molecule has 0 aliphatic carbocycles. The number of hydrogen-bond donors (Lipinski definition) is 0. The van der Waals surface area contributed by atoms with Crippen molar-refractivity contribution in [3.63, 3.8) is 0 Å². The lowest BCUT2D eigenvalue weighted by Crippen LogP contribution is -2.22. The summed E-state index contributed by atoms with van der Waals surface area (Å²) in [7, 11) is -0.396. The van der Waals surface area contributed by atoms with E-state index in [0.717, 1.165) is 5.56 Å². The van der Waals surface area contributed by atoms with Crippen LogP contribution in [0.1, 0.15) is 5.56 Å². The van der Waals surface area contributed by atoms with Crippen LogP contribution in [0.2, 0.25) is 0 Å². The van der Waals surface area contributed by atoms with Gasteiger partial charge in [0.25, 0.3) is 0 Å². The molecule has 4 nitrogen and oxygen atoms in total. The van der Waals surface area contributed by atoms with E-state index in [4.69, 9.17) is 4.74 Å². The van der Waals surface area contributed by atoms with Crippen molar-refractivity contribution in [3.8, 4) is 5.75 Å². The van der Waals surface area contributed by atoms with E-state index in [9.17, 15) is 12.8 Å². The van der Waals surface area contributed by atoms with Crippen molar-refractivity contribution in [1.82, 2.24) is 4.31 Å². The van der Waals surface area contributed by atoms with Gasteiger partial charge in [0.05, 0.1) is 11.5 Å². The molecular weight excluding hydrogens is 349 g/mol. The monoisotopic (exact) mass is 369 g/mol. The first-order valence-corrected chi connectivity index (χ1v) is 9.97. The highest BCUT2D eigenvalue weighted by Gasteiger charge is 2.17. The zero-order valence-corrected chi connectivity index (χ0v) is 15.2. The second-order valence-electron chi connectivity index (χ2n) is 5.27. The molecule has 0 saturated heterocycles. The fraction of sp³-hybridized carbons (Fsp3) is 0.294. The first kappa shape index (κ1) is 18.8. The van der Waals surface area contributed by atoms with Gasteiger partial charge in [-0.05, 0) is 29.8 Å². The van der Waals surface area contributed by atoms with Crippen LogP contribution in [0.3, 0.4) is 0 Å². The molecule has 0 N–H and O–H groups in total. The smallest absolute Gasteiger partial charge is 0.242 e. The molecule has 2 rings (SSSR count). The van der Waals surface area contributed by atoms with Gasteiger partial charge in [-0.1, -0.05) is 24.3 Å². The molecule has 2 aromatic rings. The van der Waals surface area contributed by atoms with Gasteiger partial charge in [-0.2, -0.15) is 11.8 Å². The quantitative estimate of drug-likeness (QED) is 0.669. The first-order chi connectivity index (χ1) is 11.4. The minimum Gasteiger partial charge on any atom is -0.490 e. The highest BCUT2D eigenvalue weighted by Crippen LogP contribution is 2.19. The van der Waals surface area contributed by atoms with E-state index < -0.39 is 10.0 Å². The molecule has 0 bridgehead atoms. The normalized spacial score (nSPS) is 11.7. The molecule has 0 atom stereocenters. The van der Waals surface area contributed by atoms with Crippen LogP contribution < -0.4 is 4.74 Å². The Hall–Kier alpha value is -1.57. The second-order valence-corrected chi connectivity index (χ2v) is 8.52. The molecule has 0 amide bonds. The van der Waals surface area contributed by atoms with Gasteiger partial charge in [0, 0.05) is 25.6 Å². The lowest BCUT2D eigenvalue weighted by atomic mass is 10.2. The molecule has 0 heterocycles. The number of hydrogen-bond acceptors (Lipinski definition) is 4. The van der Waals surface area contributed by atoms with E-state index >= 15 is 0 Å². The van der Waals surface area contributed by atoms with E-state index in [0.29, 0.717) is 18.1 Å². The van der Waals surface area contributed by atoms with Crippen molar-refractivity contribution >= 4 is 21.8 Å². The molecule has 24 heavy (non-hydrogen) atoms. The first-order valence-electron chi connectivity index (χ1n) is 7.38. The SMILES string of the molecule is CN(C)S(=O)(=O)c1cccc(CSCCOc2ccccc2F)c1. The highest BCUT2D eigenvalue weighted by molar-refractivity contribution is 7.98. The van der Waals surface area contributed by atoms with Crippen molar-refractivity contribution in [2.24, 2.45) is 0 Å². The summed E-state index contributed by atoms with van der Waals surface area (Å²) >= 11 is 1.60. The van der Waals surface area contributed by atoms with Crippen LogP contribution in [-0.2, 0) is 15.8 Å². The lowest BCUT2D eigenvalue weighted by Gasteiger charge is -2.12. The Bertz CT molecular complexity index is 779. The average Bonchev–Trinajstić information content (AvgIpc) is 2.56. The molecule has 0 spiro atoms. The summed E-state index contributed by atoms with van der Waals surface area (Å²) in [5.74, 6) is 1.22. The highest BCUT2D eigenvalue weighted by atomic mass is 32.2. The van der Waals surface area contributed by atoms with E-state index in [1.54, 1.807) is 48.2 Å². The molecule has 0 aromatic heterocycles. The van der Waals surface area contributed by atoms with Crippen LogP contribution >= 0.6 is 11.8 Å². The van der Waals surface area contributed by atoms with Crippen molar-refractivity contribution in [1.29, 1.82) is 0 Å². The summed E-state index contributed by atoms with van der Waals surface area (Å²) in [4.78, 5) is 0.285. The van der Waals surface area contributed by atoms with Gasteiger partial charge in [-0.15, -0.1) is 0 Å². The summed E-state index contributed by atoms with van der Waals surface area (Å²) in [5, 5.41) is 0. The molecule has 2 aromatic carbocycles. The number of thioether (sulfide) groups is 1. The van der Waals surface area contributed by atoms with E-state index in [1.165, 1.54) is 24.5 Å². The minimum atomic E-state index is -3.42. The Morgan fingerprint density at radius 2 is 1.88 bits per heavy atom. The third kappa shape index (κ3) is 4.96. The van der Waals surface area contributed by atoms with Gasteiger partial charge in [0.1, 0.15) is 0 Å². The summed E-state index contributed by atoms with van der Waals surface area (Å²) in [6.07, 6.45) is 0. The Kier molecular flexibility index (Phi) is 6.65. The largest absolute Gasteiger partial charge is 0.490 e. The van der Waals surface area contributed by atoms with Crippen LogP contribution in [0.15, 0.2) is 53.4 Å². The van der Waals surface area contributed by atoms with Crippen LogP contribution in [0.4, 0.5) is 4.39 Å². The molecule has 0 fully saturated rings. The molecule has 0 saturated carbocycles. The summed E-state index contributed by atoms with van der Waals surface area (Å²) < 4.78 is 44.2.